The Hall–Kier alpha value is -2.53. The van der Waals surface area contributed by atoms with Gasteiger partial charge in [-0.3, -0.25) is 4.79 Å². The second-order valence-corrected chi connectivity index (χ2v) is 8.88. The minimum absolute atomic E-state index is 0.0209. The van der Waals surface area contributed by atoms with Crippen molar-refractivity contribution >= 4 is 11.6 Å². The molecule has 31 heavy (non-hydrogen) atoms. The van der Waals surface area contributed by atoms with E-state index in [-0.39, 0.29) is 17.7 Å². The predicted octanol–water partition coefficient (Wildman–Crippen LogP) is 4.67. The highest BCUT2D eigenvalue weighted by Gasteiger charge is 2.25. The van der Waals surface area contributed by atoms with Gasteiger partial charge < -0.3 is 21.5 Å². The van der Waals surface area contributed by atoms with Crippen molar-refractivity contribution in [2.75, 3.05) is 11.9 Å². The summed E-state index contributed by atoms with van der Waals surface area (Å²) in [4.78, 5) is 12.9. The summed E-state index contributed by atoms with van der Waals surface area (Å²) >= 11 is 0. The number of rotatable bonds is 9. The van der Waals surface area contributed by atoms with Crippen LogP contribution in [0, 0.1) is 13.8 Å². The number of unbranched alkanes of at least 4 members (excludes halogenated alkanes) is 3. The minimum atomic E-state index is -0.627. The van der Waals surface area contributed by atoms with Gasteiger partial charge in [0.1, 0.15) is 5.75 Å². The molecule has 5 nitrogen and oxygen atoms in total. The van der Waals surface area contributed by atoms with E-state index in [1.807, 2.05) is 13.8 Å². The number of fused-ring (bicyclic) bond motifs is 1. The summed E-state index contributed by atoms with van der Waals surface area (Å²) < 4.78 is 0. The fourth-order valence-electron chi connectivity index (χ4n) is 4.51. The van der Waals surface area contributed by atoms with Crippen molar-refractivity contribution in [1.82, 2.24) is 5.32 Å². The first-order chi connectivity index (χ1) is 14.9. The smallest absolute Gasteiger partial charge is 0.237 e. The maximum atomic E-state index is 12.9. The quantitative estimate of drug-likeness (QED) is 0.441. The number of benzene rings is 2. The lowest BCUT2D eigenvalue weighted by Gasteiger charge is -2.29. The number of aromatic hydroxyl groups is 1. The third-order valence-electron chi connectivity index (χ3n) is 6.32. The maximum Gasteiger partial charge on any atom is 0.237 e. The Morgan fingerprint density at radius 1 is 1.19 bits per heavy atom. The highest BCUT2D eigenvalue weighted by molar-refractivity contribution is 5.82. The summed E-state index contributed by atoms with van der Waals surface area (Å²) in [6, 6.07) is 9.38. The van der Waals surface area contributed by atoms with E-state index >= 15 is 0 Å². The lowest BCUT2D eigenvalue weighted by Crippen LogP contribution is -2.44. The lowest BCUT2D eigenvalue weighted by atomic mass is 9.93. The number of nitrogens with one attached hydrogen (secondary N) is 2. The van der Waals surface area contributed by atoms with Crippen molar-refractivity contribution in [2.45, 2.75) is 77.8 Å². The fourth-order valence-corrected chi connectivity index (χ4v) is 4.51. The number of carbonyl (C=O) groups is 1. The highest BCUT2D eigenvalue weighted by atomic mass is 16.3. The molecule has 1 aliphatic heterocycles. The molecule has 1 aliphatic rings. The van der Waals surface area contributed by atoms with Crippen LogP contribution >= 0.6 is 0 Å². The zero-order chi connectivity index (χ0) is 22.4. The molecule has 0 aliphatic carbocycles. The van der Waals surface area contributed by atoms with Gasteiger partial charge in [-0.25, -0.2) is 0 Å². The first kappa shape index (κ1) is 23.1. The molecule has 5 N–H and O–H groups in total. The second-order valence-electron chi connectivity index (χ2n) is 8.88. The normalized spacial score (nSPS) is 16.3. The van der Waals surface area contributed by atoms with Crippen LogP contribution in [0.1, 0.15) is 72.9 Å². The van der Waals surface area contributed by atoms with Gasteiger partial charge in [0, 0.05) is 12.2 Å². The molecule has 0 fully saturated rings. The highest BCUT2D eigenvalue weighted by Crippen LogP contribution is 2.31. The molecule has 0 aromatic heterocycles. The van der Waals surface area contributed by atoms with Crippen LogP contribution < -0.4 is 16.4 Å². The Morgan fingerprint density at radius 3 is 2.65 bits per heavy atom. The molecule has 1 heterocycles. The van der Waals surface area contributed by atoms with E-state index in [2.05, 4.69) is 35.8 Å². The molecule has 168 valence electrons. The van der Waals surface area contributed by atoms with E-state index in [4.69, 9.17) is 5.73 Å². The van der Waals surface area contributed by atoms with Gasteiger partial charge in [-0.1, -0.05) is 38.3 Å². The second kappa shape index (κ2) is 10.7. The first-order valence-electron chi connectivity index (χ1n) is 11.6. The summed E-state index contributed by atoms with van der Waals surface area (Å²) in [5.74, 6) is 0.117. The molecule has 0 radical (unpaired) electrons. The lowest BCUT2D eigenvalue weighted by molar-refractivity contribution is -0.123. The Morgan fingerprint density at radius 2 is 1.94 bits per heavy atom. The molecule has 2 aromatic rings. The number of hydrogen-bond donors (Lipinski definition) is 4. The molecule has 2 atom stereocenters. The van der Waals surface area contributed by atoms with Crippen LogP contribution in [0.2, 0.25) is 0 Å². The van der Waals surface area contributed by atoms with Crippen molar-refractivity contribution in [3.63, 3.8) is 0 Å². The molecular weight excluding hydrogens is 386 g/mol. The number of amides is 1. The van der Waals surface area contributed by atoms with Crippen molar-refractivity contribution in [2.24, 2.45) is 5.73 Å². The zero-order valence-corrected chi connectivity index (χ0v) is 19.1. The van der Waals surface area contributed by atoms with Crippen LogP contribution in [-0.2, 0) is 17.6 Å². The number of nitrogens with two attached hydrogens (primary N) is 1. The van der Waals surface area contributed by atoms with Crippen molar-refractivity contribution in [3.05, 3.63) is 58.1 Å². The van der Waals surface area contributed by atoms with E-state index in [1.54, 1.807) is 12.1 Å². The van der Waals surface area contributed by atoms with Gasteiger partial charge in [-0.15, -0.1) is 0 Å². The molecule has 0 bridgehead atoms. The summed E-state index contributed by atoms with van der Waals surface area (Å²) in [5, 5.41) is 16.4. The van der Waals surface area contributed by atoms with Gasteiger partial charge in [0.25, 0.3) is 0 Å². The SMILES string of the molecule is CCCCCCc1ccc2c(c1)[C@@H](NC(=O)[C@@H](N)Cc1c(C)cc(O)cc1C)CCN2. The largest absolute Gasteiger partial charge is 0.508 e. The molecule has 5 heteroatoms. The van der Waals surface area contributed by atoms with E-state index in [1.165, 1.54) is 31.2 Å². The molecule has 0 saturated carbocycles. The predicted molar refractivity (Wildman–Crippen MR) is 128 cm³/mol. The Kier molecular flexibility index (Phi) is 7.97. The number of aryl methyl sites for hydroxylation is 3. The standard InChI is InChI=1S/C26H37N3O2/c1-4-5-6-7-8-19-9-10-24-22(15-19)25(11-12-28-24)29-26(31)23(27)16-21-17(2)13-20(30)14-18(21)3/h9-10,13-15,23,25,28,30H,4-8,11-12,16,27H2,1-3H3,(H,29,31)/t23-,25-/m0/s1. The Balaban J connectivity index is 1.67. The van der Waals surface area contributed by atoms with Crippen molar-refractivity contribution in [3.8, 4) is 5.75 Å². The first-order valence-corrected chi connectivity index (χ1v) is 11.6. The summed E-state index contributed by atoms with van der Waals surface area (Å²) in [6.07, 6.45) is 7.37. The third-order valence-corrected chi connectivity index (χ3v) is 6.32. The van der Waals surface area contributed by atoms with Crippen molar-refractivity contribution in [1.29, 1.82) is 0 Å². The minimum Gasteiger partial charge on any atom is -0.508 e. The molecular formula is C26H37N3O2. The van der Waals surface area contributed by atoms with Gasteiger partial charge in [0.2, 0.25) is 5.91 Å². The number of anilines is 1. The average molecular weight is 424 g/mol. The van der Waals surface area contributed by atoms with E-state index in [0.29, 0.717) is 6.42 Å². The molecule has 0 saturated heterocycles. The van der Waals surface area contributed by atoms with Crippen LogP contribution in [-0.4, -0.2) is 23.6 Å². The summed E-state index contributed by atoms with van der Waals surface area (Å²) in [6.45, 7) is 6.95. The number of carbonyl (C=O) groups excluding carboxylic acids is 1. The number of phenolic OH excluding ortho intramolecular Hbond substituents is 1. The average Bonchev–Trinajstić information content (AvgIpc) is 2.74. The Bertz CT molecular complexity index is 887. The molecule has 3 rings (SSSR count). The van der Waals surface area contributed by atoms with E-state index < -0.39 is 6.04 Å². The maximum absolute atomic E-state index is 12.9. The van der Waals surface area contributed by atoms with Crippen LogP contribution in [0.4, 0.5) is 5.69 Å². The van der Waals surface area contributed by atoms with Crippen LogP contribution in [0.25, 0.3) is 0 Å². The third kappa shape index (κ3) is 6.01. The van der Waals surface area contributed by atoms with Gasteiger partial charge in [-0.05, 0) is 85.5 Å². The molecule has 2 aromatic carbocycles. The Labute approximate surface area is 186 Å². The molecule has 0 spiro atoms. The van der Waals surface area contributed by atoms with Gasteiger partial charge in [-0.2, -0.15) is 0 Å². The number of phenols is 1. The summed E-state index contributed by atoms with van der Waals surface area (Å²) in [7, 11) is 0. The van der Waals surface area contributed by atoms with Crippen LogP contribution in [0.5, 0.6) is 5.75 Å². The summed E-state index contributed by atoms with van der Waals surface area (Å²) in [5.41, 5.74) is 12.8. The zero-order valence-electron chi connectivity index (χ0n) is 19.1. The van der Waals surface area contributed by atoms with Crippen LogP contribution in [0.3, 0.4) is 0 Å². The fraction of sp³-hybridized carbons (Fsp3) is 0.500. The van der Waals surface area contributed by atoms with E-state index in [0.717, 1.165) is 47.3 Å². The number of hydrogen-bond acceptors (Lipinski definition) is 4. The van der Waals surface area contributed by atoms with Gasteiger partial charge >= 0.3 is 0 Å². The van der Waals surface area contributed by atoms with Crippen molar-refractivity contribution < 1.29 is 9.90 Å². The van der Waals surface area contributed by atoms with Crippen LogP contribution in [0.15, 0.2) is 30.3 Å². The van der Waals surface area contributed by atoms with Gasteiger partial charge in [0.05, 0.1) is 12.1 Å². The monoisotopic (exact) mass is 423 g/mol. The van der Waals surface area contributed by atoms with E-state index in [9.17, 15) is 9.90 Å². The molecule has 0 unspecified atom stereocenters. The van der Waals surface area contributed by atoms with Gasteiger partial charge in [0.15, 0.2) is 0 Å². The topological polar surface area (TPSA) is 87.4 Å². The molecule has 1 amide bonds.